The molecule has 0 saturated carbocycles. The minimum Gasteiger partial charge on any atom is -0.344 e. The van der Waals surface area contributed by atoms with E-state index in [9.17, 15) is 9.18 Å². The van der Waals surface area contributed by atoms with Crippen molar-refractivity contribution in [1.82, 2.24) is 10.2 Å². The van der Waals surface area contributed by atoms with E-state index in [4.69, 9.17) is 0 Å². The zero-order chi connectivity index (χ0) is 8.97. The molecule has 1 aliphatic rings. The Morgan fingerprint density at radius 2 is 2.50 bits per heavy atom. The third-order valence-corrected chi connectivity index (χ3v) is 2.13. The van der Waals surface area contributed by atoms with Gasteiger partial charge in [-0.2, -0.15) is 0 Å². The van der Waals surface area contributed by atoms with Crippen molar-refractivity contribution in [3.05, 3.63) is 0 Å². The molecular weight excluding hydrogens is 159 g/mol. The fourth-order valence-electron chi connectivity index (χ4n) is 1.35. The summed E-state index contributed by atoms with van der Waals surface area (Å²) >= 11 is 0. The van der Waals surface area contributed by atoms with Crippen molar-refractivity contribution in [3.8, 4) is 0 Å². The summed E-state index contributed by atoms with van der Waals surface area (Å²) < 4.78 is 11.7. The summed E-state index contributed by atoms with van der Waals surface area (Å²) in [6.45, 7) is 1.09. The molecule has 70 valence electrons. The first-order valence-electron chi connectivity index (χ1n) is 4.30. The van der Waals surface area contributed by atoms with E-state index in [2.05, 4.69) is 5.32 Å². The SMILES string of the molecule is CN1CCC(NCCCF)C1=O. The molecule has 1 heterocycles. The molecule has 0 spiro atoms. The molecule has 0 bridgehead atoms. The van der Waals surface area contributed by atoms with Gasteiger partial charge in [0, 0.05) is 13.6 Å². The summed E-state index contributed by atoms with van der Waals surface area (Å²) in [5.41, 5.74) is 0. The molecule has 1 unspecified atom stereocenters. The molecule has 4 heteroatoms. The molecule has 3 nitrogen and oxygen atoms in total. The van der Waals surface area contributed by atoms with Crippen LogP contribution in [-0.2, 0) is 4.79 Å². The summed E-state index contributed by atoms with van der Waals surface area (Å²) in [6, 6.07) is -0.0680. The van der Waals surface area contributed by atoms with Crippen molar-refractivity contribution in [3.63, 3.8) is 0 Å². The average Bonchev–Trinajstić information content (AvgIpc) is 2.36. The molecule has 0 aliphatic carbocycles. The van der Waals surface area contributed by atoms with Crippen LogP contribution in [0.4, 0.5) is 4.39 Å². The fraction of sp³-hybridized carbons (Fsp3) is 0.875. The first-order valence-corrected chi connectivity index (χ1v) is 4.30. The van der Waals surface area contributed by atoms with Gasteiger partial charge in [0.15, 0.2) is 0 Å². The van der Waals surface area contributed by atoms with Gasteiger partial charge in [-0.1, -0.05) is 0 Å². The lowest BCUT2D eigenvalue weighted by Gasteiger charge is -2.10. The molecule has 1 atom stereocenters. The summed E-state index contributed by atoms with van der Waals surface area (Å²) in [5.74, 6) is 0.133. The van der Waals surface area contributed by atoms with Crippen molar-refractivity contribution in [1.29, 1.82) is 0 Å². The number of hydrogen-bond donors (Lipinski definition) is 1. The van der Waals surface area contributed by atoms with Crippen LogP contribution >= 0.6 is 0 Å². The standard InChI is InChI=1S/C8H15FN2O/c1-11-6-3-7(8(11)12)10-5-2-4-9/h7,10H,2-6H2,1H3. The lowest BCUT2D eigenvalue weighted by atomic mass is 10.2. The highest BCUT2D eigenvalue weighted by Crippen LogP contribution is 2.07. The van der Waals surface area contributed by atoms with Gasteiger partial charge in [0.25, 0.3) is 0 Å². The molecule has 1 rings (SSSR count). The van der Waals surface area contributed by atoms with Crippen LogP contribution in [0.5, 0.6) is 0 Å². The predicted octanol–water partition coefficient (Wildman–Crippen LogP) is 0.166. The molecule has 0 aromatic carbocycles. The number of likely N-dealkylation sites (tertiary alicyclic amines) is 1. The second-order valence-electron chi connectivity index (χ2n) is 3.10. The summed E-state index contributed by atoms with van der Waals surface area (Å²) in [5, 5.41) is 3.03. The minimum atomic E-state index is -0.316. The average molecular weight is 174 g/mol. The van der Waals surface area contributed by atoms with E-state index in [1.54, 1.807) is 11.9 Å². The predicted molar refractivity (Wildman–Crippen MR) is 44.6 cm³/mol. The first-order chi connectivity index (χ1) is 5.75. The van der Waals surface area contributed by atoms with Gasteiger partial charge >= 0.3 is 0 Å². The fourth-order valence-corrected chi connectivity index (χ4v) is 1.35. The van der Waals surface area contributed by atoms with Gasteiger partial charge in [-0.25, -0.2) is 0 Å². The summed E-state index contributed by atoms with van der Waals surface area (Å²) in [6.07, 6.45) is 1.34. The maximum atomic E-state index is 11.7. The number of hydrogen-bond acceptors (Lipinski definition) is 2. The van der Waals surface area contributed by atoms with Crippen molar-refractivity contribution in [2.75, 3.05) is 26.8 Å². The monoisotopic (exact) mass is 174 g/mol. The van der Waals surface area contributed by atoms with Gasteiger partial charge in [-0.15, -0.1) is 0 Å². The van der Waals surface area contributed by atoms with E-state index < -0.39 is 0 Å². The molecule has 12 heavy (non-hydrogen) atoms. The van der Waals surface area contributed by atoms with E-state index in [1.807, 2.05) is 0 Å². The summed E-state index contributed by atoms with van der Waals surface area (Å²) in [7, 11) is 1.79. The Morgan fingerprint density at radius 3 is 3.00 bits per heavy atom. The molecule has 0 radical (unpaired) electrons. The maximum absolute atomic E-state index is 11.7. The molecule has 1 aliphatic heterocycles. The number of carbonyl (C=O) groups is 1. The lowest BCUT2D eigenvalue weighted by Crippen LogP contribution is -2.37. The van der Waals surface area contributed by atoms with E-state index >= 15 is 0 Å². The van der Waals surface area contributed by atoms with Gasteiger partial charge < -0.3 is 10.2 Å². The highest BCUT2D eigenvalue weighted by Gasteiger charge is 2.27. The third-order valence-electron chi connectivity index (χ3n) is 2.13. The molecule has 0 aromatic heterocycles. The minimum absolute atomic E-state index is 0.0680. The quantitative estimate of drug-likeness (QED) is 0.616. The summed E-state index contributed by atoms with van der Waals surface area (Å²) in [4.78, 5) is 13.0. The maximum Gasteiger partial charge on any atom is 0.239 e. The van der Waals surface area contributed by atoms with Crippen molar-refractivity contribution in [2.24, 2.45) is 0 Å². The Bertz CT molecular complexity index is 163. The Kier molecular flexibility index (Phi) is 3.47. The van der Waals surface area contributed by atoms with Crippen LogP contribution < -0.4 is 5.32 Å². The second kappa shape index (κ2) is 4.40. The lowest BCUT2D eigenvalue weighted by molar-refractivity contribution is -0.128. The van der Waals surface area contributed by atoms with Gasteiger partial charge in [0.05, 0.1) is 12.7 Å². The van der Waals surface area contributed by atoms with E-state index in [0.717, 1.165) is 13.0 Å². The number of rotatable bonds is 4. The Morgan fingerprint density at radius 1 is 1.75 bits per heavy atom. The molecule has 1 N–H and O–H groups in total. The zero-order valence-corrected chi connectivity index (χ0v) is 7.35. The van der Waals surface area contributed by atoms with Crippen LogP contribution in [0.2, 0.25) is 0 Å². The van der Waals surface area contributed by atoms with E-state index in [-0.39, 0.29) is 18.6 Å². The van der Waals surface area contributed by atoms with Crippen LogP contribution in [0.1, 0.15) is 12.8 Å². The third kappa shape index (κ3) is 2.17. The van der Waals surface area contributed by atoms with Gasteiger partial charge in [-0.05, 0) is 19.4 Å². The Hall–Kier alpha value is -0.640. The molecular formula is C8H15FN2O. The van der Waals surface area contributed by atoms with Crippen LogP contribution in [0.25, 0.3) is 0 Å². The highest BCUT2D eigenvalue weighted by atomic mass is 19.1. The number of carbonyl (C=O) groups excluding carboxylic acids is 1. The van der Waals surface area contributed by atoms with Crippen molar-refractivity contribution < 1.29 is 9.18 Å². The molecule has 1 saturated heterocycles. The number of alkyl halides is 1. The van der Waals surface area contributed by atoms with Crippen LogP contribution in [0.15, 0.2) is 0 Å². The smallest absolute Gasteiger partial charge is 0.239 e. The number of halogens is 1. The number of amides is 1. The molecule has 0 aromatic rings. The van der Waals surface area contributed by atoms with E-state index in [0.29, 0.717) is 13.0 Å². The van der Waals surface area contributed by atoms with Crippen molar-refractivity contribution >= 4 is 5.91 Å². The number of nitrogens with one attached hydrogen (secondary N) is 1. The van der Waals surface area contributed by atoms with Crippen LogP contribution in [-0.4, -0.2) is 43.7 Å². The normalized spacial score (nSPS) is 23.7. The van der Waals surface area contributed by atoms with E-state index in [1.165, 1.54) is 0 Å². The highest BCUT2D eigenvalue weighted by molar-refractivity contribution is 5.83. The van der Waals surface area contributed by atoms with Gasteiger partial charge in [0.1, 0.15) is 0 Å². The zero-order valence-electron chi connectivity index (χ0n) is 7.35. The molecule has 1 amide bonds. The number of nitrogens with zero attached hydrogens (tertiary/aromatic N) is 1. The van der Waals surface area contributed by atoms with Gasteiger partial charge in [-0.3, -0.25) is 9.18 Å². The number of likely N-dealkylation sites (N-methyl/N-ethyl adjacent to an activating group) is 1. The van der Waals surface area contributed by atoms with Crippen molar-refractivity contribution in [2.45, 2.75) is 18.9 Å². The largest absolute Gasteiger partial charge is 0.344 e. The topological polar surface area (TPSA) is 32.3 Å². The second-order valence-corrected chi connectivity index (χ2v) is 3.10. The Labute approximate surface area is 71.9 Å². The van der Waals surface area contributed by atoms with Gasteiger partial charge in [0.2, 0.25) is 5.91 Å². The van der Waals surface area contributed by atoms with Crippen LogP contribution in [0, 0.1) is 0 Å². The Balaban J connectivity index is 2.20. The van der Waals surface area contributed by atoms with Crippen LogP contribution in [0.3, 0.4) is 0 Å². The molecule has 1 fully saturated rings. The first kappa shape index (κ1) is 9.45.